The monoisotopic (exact) mass is 266 g/mol. The molecule has 0 atom stereocenters. The average Bonchev–Trinajstić information content (AvgIpc) is 2.44. The summed E-state index contributed by atoms with van der Waals surface area (Å²) in [5.74, 6) is 1.41. The Morgan fingerprint density at radius 3 is 2.84 bits per heavy atom. The van der Waals surface area contributed by atoms with Gasteiger partial charge in [0.25, 0.3) is 0 Å². The number of benzene rings is 1. The van der Waals surface area contributed by atoms with Crippen LogP contribution in [0.4, 0.5) is 4.79 Å². The smallest absolute Gasteiger partial charge is 0.409 e. The summed E-state index contributed by atoms with van der Waals surface area (Å²) in [5, 5.41) is 0. The molecule has 1 heterocycles. The largest absolute Gasteiger partial charge is 0.486 e. The van der Waals surface area contributed by atoms with Gasteiger partial charge in [0.2, 0.25) is 0 Å². The molecule has 0 saturated heterocycles. The van der Waals surface area contributed by atoms with Crippen molar-refractivity contribution in [2.45, 2.75) is 6.61 Å². The molecule has 1 amide bonds. The van der Waals surface area contributed by atoms with Gasteiger partial charge in [-0.3, -0.25) is 0 Å². The van der Waals surface area contributed by atoms with Gasteiger partial charge in [0, 0.05) is 20.1 Å². The fraction of sp³-hybridized carbons (Fsp3) is 0.462. The third-order valence-corrected chi connectivity index (χ3v) is 2.75. The number of hydrogen-bond acceptors (Lipinski definition) is 5. The van der Waals surface area contributed by atoms with Crippen LogP contribution in [0.5, 0.6) is 11.5 Å². The molecule has 0 radical (unpaired) electrons. The Bertz CT molecular complexity index is 450. The van der Waals surface area contributed by atoms with E-state index in [2.05, 4.69) is 0 Å². The zero-order chi connectivity index (χ0) is 13.7. The van der Waals surface area contributed by atoms with Crippen LogP contribution in [0.3, 0.4) is 0 Å². The number of nitrogens with zero attached hydrogens (tertiary/aromatic N) is 1. The minimum absolute atomic E-state index is 0.199. The Balaban J connectivity index is 1.91. The van der Waals surface area contributed by atoms with Crippen LogP contribution in [0.15, 0.2) is 18.2 Å². The zero-order valence-electron chi connectivity index (χ0n) is 10.9. The van der Waals surface area contributed by atoms with E-state index in [4.69, 9.17) is 19.9 Å². The van der Waals surface area contributed by atoms with Gasteiger partial charge < -0.3 is 24.8 Å². The number of fused-ring (bicyclic) bond motifs is 1. The average molecular weight is 266 g/mol. The second-order valence-corrected chi connectivity index (χ2v) is 4.24. The van der Waals surface area contributed by atoms with Crippen molar-refractivity contribution >= 4 is 6.09 Å². The molecule has 1 aliphatic rings. The summed E-state index contributed by atoms with van der Waals surface area (Å²) >= 11 is 0. The van der Waals surface area contributed by atoms with Crippen LogP contribution in [0.2, 0.25) is 0 Å². The third kappa shape index (κ3) is 3.51. The van der Waals surface area contributed by atoms with Crippen molar-refractivity contribution in [1.82, 2.24) is 4.90 Å². The number of carbonyl (C=O) groups excluding carboxylic acids is 1. The Kier molecular flexibility index (Phi) is 4.46. The Hall–Kier alpha value is -1.95. The fourth-order valence-corrected chi connectivity index (χ4v) is 1.72. The molecule has 0 aliphatic carbocycles. The second kappa shape index (κ2) is 6.29. The minimum atomic E-state index is -0.389. The molecule has 2 rings (SSSR count). The van der Waals surface area contributed by atoms with Crippen molar-refractivity contribution in [1.29, 1.82) is 0 Å². The first-order valence-electron chi connectivity index (χ1n) is 6.17. The third-order valence-electron chi connectivity index (χ3n) is 2.75. The quantitative estimate of drug-likeness (QED) is 0.879. The molecule has 1 aromatic carbocycles. The molecule has 0 bridgehead atoms. The number of carbonyl (C=O) groups is 1. The minimum Gasteiger partial charge on any atom is -0.486 e. The summed E-state index contributed by atoms with van der Waals surface area (Å²) in [4.78, 5) is 13.0. The van der Waals surface area contributed by atoms with Crippen molar-refractivity contribution < 1.29 is 19.0 Å². The van der Waals surface area contributed by atoms with E-state index in [9.17, 15) is 4.79 Å². The molecule has 104 valence electrons. The summed E-state index contributed by atoms with van der Waals surface area (Å²) < 4.78 is 16.1. The number of rotatable bonds is 4. The lowest BCUT2D eigenvalue weighted by atomic mass is 10.2. The van der Waals surface area contributed by atoms with Gasteiger partial charge >= 0.3 is 6.09 Å². The van der Waals surface area contributed by atoms with Crippen molar-refractivity contribution in [2.75, 3.05) is 33.4 Å². The molecule has 1 aliphatic heterocycles. The summed E-state index contributed by atoms with van der Waals surface area (Å²) in [6, 6.07) is 5.50. The van der Waals surface area contributed by atoms with E-state index < -0.39 is 0 Å². The van der Waals surface area contributed by atoms with Crippen molar-refractivity contribution in [3.63, 3.8) is 0 Å². The summed E-state index contributed by atoms with van der Waals surface area (Å²) in [6.45, 7) is 2.18. The number of nitrogens with two attached hydrogens (primary N) is 1. The molecule has 0 unspecified atom stereocenters. The number of amides is 1. The lowest BCUT2D eigenvalue weighted by molar-refractivity contribution is 0.105. The highest BCUT2D eigenvalue weighted by Gasteiger charge is 2.13. The molecule has 0 aromatic heterocycles. The van der Waals surface area contributed by atoms with Gasteiger partial charge in [-0.25, -0.2) is 4.79 Å². The van der Waals surface area contributed by atoms with Crippen molar-refractivity contribution in [3.05, 3.63) is 23.8 Å². The first-order chi connectivity index (χ1) is 9.20. The van der Waals surface area contributed by atoms with Crippen LogP contribution in [0.25, 0.3) is 0 Å². The van der Waals surface area contributed by atoms with Crippen LogP contribution in [0, 0.1) is 0 Å². The first-order valence-corrected chi connectivity index (χ1v) is 6.17. The molecule has 0 fully saturated rings. The maximum absolute atomic E-state index is 11.6. The van der Waals surface area contributed by atoms with Gasteiger partial charge in [0.1, 0.15) is 19.8 Å². The van der Waals surface area contributed by atoms with Crippen LogP contribution in [-0.4, -0.2) is 44.3 Å². The SMILES string of the molecule is CN(CCN)C(=O)OCc1ccc2c(c1)OCCO2. The topological polar surface area (TPSA) is 74.0 Å². The molecule has 6 nitrogen and oxygen atoms in total. The number of ether oxygens (including phenoxy) is 3. The van der Waals surface area contributed by atoms with E-state index in [0.717, 1.165) is 11.3 Å². The summed E-state index contributed by atoms with van der Waals surface area (Å²) in [5.41, 5.74) is 6.23. The van der Waals surface area contributed by atoms with E-state index in [1.165, 1.54) is 4.90 Å². The highest BCUT2D eigenvalue weighted by Crippen LogP contribution is 2.30. The summed E-state index contributed by atoms with van der Waals surface area (Å²) in [7, 11) is 1.65. The predicted octanol–water partition coefficient (Wildman–Crippen LogP) is 0.985. The lowest BCUT2D eigenvalue weighted by Gasteiger charge is -2.19. The molecule has 2 N–H and O–H groups in total. The molecule has 1 aromatic rings. The standard InChI is InChI=1S/C13H18N2O4/c1-15(5-4-14)13(16)19-9-10-2-3-11-12(8-10)18-7-6-17-11/h2-3,8H,4-7,9,14H2,1H3. The highest BCUT2D eigenvalue weighted by molar-refractivity contribution is 5.67. The van der Waals surface area contributed by atoms with Crippen LogP contribution in [-0.2, 0) is 11.3 Å². The lowest BCUT2D eigenvalue weighted by Crippen LogP contribution is -2.32. The highest BCUT2D eigenvalue weighted by atomic mass is 16.6. The van der Waals surface area contributed by atoms with E-state index in [-0.39, 0.29) is 12.7 Å². The van der Waals surface area contributed by atoms with E-state index in [1.54, 1.807) is 7.05 Å². The fourth-order valence-electron chi connectivity index (χ4n) is 1.72. The van der Waals surface area contributed by atoms with Crippen molar-refractivity contribution in [3.8, 4) is 11.5 Å². The Labute approximate surface area is 112 Å². The molecule has 0 saturated carbocycles. The normalized spacial score (nSPS) is 12.9. The maximum atomic E-state index is 11.6. The molecular weight excluding hydrogens is 248 g/mol. The van der Waals surface area contributed by atoms with Gasteiger partial charge in [0.15, 0.2) is 11.5 Å². The second-order valence-electron chi connectivity index (χ2n) is 4.24. The Morgan fingerprint density at radius 1 is 1.37 bits per heavy atom. The van der Waals surface area contributed by atoms with E-state index in [1.807, 2.05) is 18.2 Å². The van der Waals surface area contributed by atoms with Gasteiger partial charge in [-0.1, -0.05) is 6.07 Å². The molecular formula is C13H18N2O4. The van der Waals surface area contributed by atoms with E-state index in [0.29, 0.717) is 32.1 Å². The first kappa shape index (κ1) is 13.5. The molecule has 19 heavy (non-hydrogen) atoms. The number of hydrogen-bond donors (Lipinski definition) is 1. The van der Waals surface area contributed by atoms with Gasteiger partial charge in [-0.05, 0) is 17.7 Å². The zero-order valence-corrected chi connectivity index (χ0v) is 10.9. The predicted molar refractivity (Wildman–Crippen MR) is 69.3 cm³/mol. The molecule has 0 spiro atoms. The van der Waals surface area contributed by atoms with Gasteiger partial charge in [-0.15, -0.1) is 0 Å². The number of likely N-dealkylation sites (N-methyl/N-ethyl adjacent to an activating group) is 1. The van der Waals surface area contributed by atoms with Crippen molar-refractivity contribution in [2.24, 2.45) is 5.73 Å². The van der Waals surface area contributed by atoms with E-state index >= 15 is 0 Å². The van der Waals surface area contributed by atoms with Gasteiger partial charge in [0.05, 0.1) is 0 Å². The van der Waals surface area contributed by atoms with Crippen LogP contribution < -0.4 is 15.2 Å². The van der Waals surface area contributed by atoms with Crippen LogP contribution in [0.1, 0.15) is 5.56 Å². The maximum Gasteiger partial charge on any atom is 0.409 e. The summed E-state index contributed by atoms with van der Waals surface area (Å²) in [6.07, 6.45) is -0.389. The Morgan fingerprint density at radius 2 is 2.11 bits per heavy atom. The van der Waals surface area contributed by atoms with Gasteiger partial charge in [-0.2, -0.15) is 0 Å². The van der Waals surface area contributed by atoms with Crippen LogP contribution >= 0.6 is 0 Å². The molecule has 6 heteroatoms.